The third-order valence-corrected chi connectivity index (χ3v) is 2.18. The summed E-state index contributed by atoms with van der Waals surface area (Å²) in [5.41, 5.74) is 0.962. The van der Waals surface area contributed by atoms with Gasteiger partial charge in [-0.3, -0.25) is 4.79 Å². The van der Waals surface area contributed by atoms with Gasteiger partial charge in [0.2, 0.25) is 5.91 Å². The van der Waals surface area contributed by atoms with Crippen LogP contribution in [-0.4, -0.2) is 15.8 Å². The fourth-order valence-electron chi connectivity index (χ4n) is 0.944. The number of carbonyl (C=O) groups is 1. The lowest BCUT2D eigenvalue weighted by Gasteiger charge is -2.06. The SMILES string of the molecule is CC(Br)C(=O)NCc1ccc(O)cc1. The van der Waals surface area contributed by atoms with E-state index in [9.17, 15) is 4.79 Å². The maximum Gasteiger partial charge on any atom is 0.233 e. The zero-order valence-corrected chi connectivity index (χ0v) is 9.41. The van der Waals surface area contributed by atoms with Crippen LogP contribution < -0.4 is 5.32 Å². The highest BCUT2D eigenvalue weighted by Crippen LogP contribution is 2.09. The molecule has 0 aromatic heterocycles. The molecule has 0 bridgehead atoms. The van der Waals surface area contributed by atoms with Crippen LogP contribution in [0.3, 0.4) is 0 Å². The van der Waals surface area contributed by atoms with Crippen LogP contribution in [0.2, 0.25) is 0 Å². The smallest absolute Gasteiger partial charge is 0.233 e. The Kier molecular flexibility index (Phi) is 3.95. The molecular weight excluding hydrogens is 246 g/mol. The summed E-state index contributed by atoms with van der Waals surface area (Å²) < 4.78 is 0. The Morgan fingerprint density at radius 3 is 2.57 bits per heavy atom. The molecule has 1 atom stereocenters. The summed E-state index contributed by atoms with van der Waals surface area (Å²) in [6.45, 7) is 2.25. The van der Waals surface area contributed by atoms with Crippen LogP contribution in [0.5, 0.6) is 5.75 Å². The van der Waals surface area contributed by atoms with Crippen LogP contribution in [0.4, 0.5) is 0 Å². The standard InChI is InChI=1S/C10H12BrNO2/c1-7(11)10(14)12-6-8-2-4-9(13)5-3-8/h2-5,7,13H,6H2,1H3,(H,12,14). The van der Waals surface area contributed by atoms with Crippen LogP contribution in [0.25, 0.3) is 0 Å². The predicted octanol–water partition coefficient (Wildman–Crippen LogP) is 1.79. The van der Waals surface area contributed by atoms with Crippen LogP contribution in [0.1, 0.15) is 12.5 Å². The lowest BCUT2D eigenvalue weighted by atomic mass is 10.2. The molecular formula is C10H12BrNO2. The summed E-state index contributed by atoms with van der Waals surface area (Å²) in [6.07, 6.45) is 0. The molecule has 0 aliphatic heterocycles. The van der Waals surface area contributed by atoms with Gasteiger partial charge in [-0.1, -0.05) is 28.1 Å². The summed E-state index contributed by atoms with van der Waals surface area (Å²) in [4.78, 5) is 11.0. The number of alkyl halides is 1. The van der Waals surface area contributed by atoms with Crippen LogP contribution >= 0.6 is 15.9 Å². The van der Waals surface area contributed by atoms with Crippen molar-refractivity contribution < 1.29 is 9.90 Å². The largest absolute Gasteiger partial charge is 0.508 e. The maximum atomic E-state index is 11.2. The van der Waals surface area contributed by atoms with Crippen molar-refractivity contribution in [2.75, 3.05) is 0 Å². The molecule has 0 aliphatic carbocycles. The molecule has 1 rings (SSSR count). The van der Waals surface area contributed by atoms with Gasteiger partial charge in [0.05, 0.1) is 4.83 Å². The highest BCUT2D eigenvalue weighted by molar-refractivity contribution is 9.10. The number of phenolic OH excluding ortho intramolecular Hbond substituents is 1. The van der Waals surface area contributed by atoms with Gasteiger partial charge in [-0.05, 0) is 24.6 Å². The lowest BCUT2D eigenvalue weighted by molar-refractivity contribution is -0.120. The minimum absolute atomic E-state index is 0.0434. The molecule has 0 fully saturated rings. The van der Waals surface area contributed by atoms with E-state index >= 15 is 0 Å². The first-order valence-corrected chi connectivity index (χ1v) is 5.21. The maximum absolute atomic E-state index is 11.2. The molecule has 14 heavy (non-hydrogen) atoms. The van der Waals surface area contributed by atoms with Crippen molar-refractivity contribution in [2.24, 2.45) is 0 Å². The van der Waals surface area contributed by atoms with Gasteiger partial charge in [0.15, 0.2) is 0 Å². The van der Waals surface area contributed by atoms with Crippen molar-refractivity contribution in [3.8, 4) is 5.75 Å². The number of aromatic hydroxyl groups is 1. The molecule has 0 aliphatic rings. The molecule has 3 nitrogen and oxygen atoms in total. The third-order valence-electron chi connectivity index (χ3n) is 1.76. The molecule has 1 unspecified atom stereocenters. The summed E-state index contributed by atoms with van der Waals surface area (Å²) >= 11 is 3.17. The quantitative estimate of drug-likeness (QED) is 0.812. The number of nitrogens with one attached hydrogen (secondary N) is 1. The third kappa shape index (κ3) is 3.38. The van der Waals surface area contributed by atoms with Crippen molar-refractivity contribution in [1.29, 1.82) is 0 Å². The molecule has 76 valence electrons. The zero-order valence-electron chi connectivity index (χ0n) is 7.83. The number of phenols is 1. The second-order valence-corrected chi connectivity index (χ2v) is 4.37. The number of rotatable bonds is 3. The Labute approximate surface area is 91.3 Å². The van der Waals surface area contributed by atoms with Gasteiger partial charge >= 0.3 is 0 Å². The van der Waals surface area contributed by atoms with Crippen molar-refractivity contribution in [1.82, 2.24) is 5.32 Å². The Morgan fingerprint density at radius 1 is 1.50 bits per heavy atom. The number of carbonyl (C=O) groups excluding carboxylic acids is 1. The fraction of sp³-hybridized carbons (Fsp3) is 0.300. The second kappa shape index (κ2) is 5.00. The van der Waals surface area contributed by atoms with Crippen LogP contribution in [0.15, 0.2) is 24.3 Å². The van der Waals surface area contributed by atoms with E-state index in [1.165, 1.54) is 0 Å². The van der Waals surface area contributed by atoms with Gasteiger partial charge in [0.25, 0.3) is 0 Å². The molecule has 2 N–H and O–H groups in total. The number of hydrogen-bond donors (Lipinski definition) is 2. The molecule has 0 saturated carbocycles. The first-order valence-electron chi connectivity index (χ1n) is 4.29. The monoisotopic (exact) mass is 257 g/mol. The van der Waals surface area contributed by atoms with Crippen LogP contribution in [0, 0.1) is 0 Å². The van der Waals surface area contributed by atoms with Crippen molar-refractivity contribution in [2.45, 2.75) is 18.3 Å². The Balaban J connectivity index is 2.46. The van der Waals surface area contributed by atoms with E-state index in [0.717, 1.165) is 5.56 Å². The Hall–Kier alpha value is -1.03. The number of amides is 1. The van der Waals surface area contributed by atoms with Gasteiger partial charge in [-0.2, -0.15) is 0 Å². The zero-order chi connectivity index (χ0) is 10.6. The molecule has 1 aromatic carbocycles. The highest BCUT2D eigenvalue weighted by atomic mass is 79.9. The molecule has 0 radical (unpaired) electrons. The van der Waals surface area contributed by atoms with E-state index in [4.69, 9.17) is 5.11 Å². The normalized spacial score (nSPS) is 12.1. The second-order valence-electron chi connectivity index (χ2n) is 3.00. The highest BCUT2D eigenvalue weighted by Gasteiger charge is 2.06. The van der Waals surface area contributed by atoms with Gasteiger partial charge in [0.1, 0.15) is 5.75 Å². The fourth-order valence-corrected chi connectivity index (χ4v) is 1.11. The number of hydrogen-bond acceptors (Lipinski definition) is 2. The van der Waals surface area contributed by atoms with Gasteiger partial charge in [-0.15, -0.1) is 0 Å². The first-order chi connectivity index (χ1) is 6.59. The Morgan fingerprint density at radius 2 is 2.07 bits per heavy atom. The first kappa shape index (κ1) is 11.0. The molecule has 0 heterocycles. The number of benzene rings is 1. The van der Waals surface area contributed by atoms with Crippen molar-refractivity contribution in [3.05, 3.63) is 29.8 Å². The van der Waals surface area contributed by atoms with E-state index in [2.05, 4.69) is 21.2 Å². The van der Waals surface area contributed by atoms with Crippen molar-refractivity contribution >= 4 is 21.8 Å². The number of halogens is 1. The van der Waals surface area contributed by atoms with E-state index < -0.39 is 0 Å². The average molecular weight is 258 g/mol. The molecule has 0 saturated heterocycles. The minimum atomic E-state index is -0.181. The minimum Gasteiger partial charge on any atom is -0.508 e. The van der Waals surface area contributed by atoms with Gasteiger partial charge in [0, 0.05) is 6.54 Å². The molecule has 0 spiro atoms. The average Bonchev–Trinajstić information content (AvgIpc) is 2.16. The summed E-state index contributed by atoms with van der Waals surface area (Å²) in [5.74, 6) is 0.187. The van der Waals surface area contributed by atoms with Crippen LogP contribution in [-0.2, 0) is 11.3 Å². The topological polar surface area (TPSA) is 49.3 Å². The molecule has 4 heteroatoms. The summed E-state index contributed by atoms with van der Waals surface area (Å²) in [5, 5.41) is 11.8. The van der Waals surface area contributed by atoms with E-state index in [0.29, 0.717) is 6.54 Å². The summed E-state index contributed by atoms with van der Waals surface area (Å²) in [6, 6.07) is 6.74. The van der Waals surface area contributed by atoms with E-state index in [-0.39, 0.29) is 16.5 Å². The van der Waals surface area contributed by atoms with Gasteiger partial charge < -0.3 is 10.4 Å². The molecule has 1 amide bonds. The lowest BCUT2D eigenvalue weighted by Crippen LogP contribution is -2.28. The molecule has 1 aromatic rings. The van der Waals surface area contributed by atoms with Gasteiger partial charge in [-0.25, -0.2) is 0 Å². The summed E-state index contributed by atoms with van der Waals surface area (Å²) in [7, 11) is 0. The van der Waals surface area contributed by atoms with E-state index in [1.807, 2.05) is 0 Å². The van der Waals surface area contributed by atoms with E-state index in [1.54, 1.807) is 31.2 Å². The predicted molar refractivity (Wildman–Crippen MR) is 58.3 cm³/mol. The van der Waals surface area contributed by atoms with Crippen molar-refractivity contribution in [3.63, 3.8) is 0 Å². The Bertz CT molecular complexity index is 308.